The van der Waals surface area contributed by atoms with Gasteiger partial charge in [0.05, 0.1) is 17.8 Å². The highest BCUT2D eigenvalue weighted by Gasteiger charge is 2.26. The van der Waals surface area contributed by atoms with Crippen LogP contribution < -0.4 is 0 Å². The van der Waals surface area contributed by atoms with Crippen molar-refractivity contribution in [2.75, 3.05) is 0 Å². The Hall–Kier alpha value is -2.08. The molecule has 1 aliphatic carbocycles. The molecule has 0 N–H and O–H groups in total. The van der Waals surface area contributed by atoms with Crippen molar-refractivity contribution in [1.29, 1.82) is 5.26 Å². The molecule has 3 heteroatoms. The van der Waals surface area contributed by atoms with Crippen molar-refractivity contribution in [3.8, 4) is 17.5 Å². The number of nitrogens with zero attached hydrogens (tertiary/aromatic N) is 2. The number of benzene rings is 1. The van der Waals surface area contributed by atoms with E-state index in [1.807, 2.05) is 25.1 Å². The zero-order valence-corrected chi connectivity index (χ0v) is 9.60. The summed E-state index contributed by atoms with van der Waals surface area (Å²) >= 11 is 0. The Morgan fingerprint density at radius 1 is 1.41 bits per heavy atom. The minimum Gasteiger partial charge on any atom is -0.441 e. The Kier molecular flexibility index (Phi) is 2.22. The van der Waals surface area contributed by atoms with E-state index < -0.39 is 0 Å². The Labute approximate surface area is 99.7 Å². The molecule has 3 nitrogen and oxygen atoms in total. The molecule has 1 aromatic heterocycles. The maximum absolute atomic E-state index is 9.17. The van der Waals surface area contributed by atoms with Crippen molar-refractivity contribution in [3.05, 3.63) is 41.3 Å². The highest BCUT2D eigenvalue weighted by atomic mass is 16.4. The van der Waals surface area contributed by atoms with E-state index >= 15 is 0 Å². The second-order valence-electron chi connectivity index (χ2n) is 4.46. The van der Waals surface area contributed by atoms with Crippen molar-refractivity contribution >= 4 is 0 Å². The fourth-order valence-electron chi connectivity index (χ4n) is 2.02. The lowest BCUT2D eigenvalue weighted by Crippen LogP contribution is -1.88. The normalized spacial score (nSPS) is 14.6. The zero-order chi connectivity index (χ0) is 11.8. The average molecular weight is 224 g/mol. The predicted octanol–water partition coefficient (Wildman–Crippen LogP) is 3.40. The lowest BCUT2D eigenvalue weighted by molar-refractivity contribution is 0.542. The Morgan fingerprint density at radius 3 is 2.82 bits per heavy atom. The van der Waals surface area contributed by atoms with Crippen LogP contribution in [0, 0.1) is 18.3 Å². The van der Waals surface area contributed by atoms with E-state index in [4.69, 9.17) is 4.42 Å². The molecule has 0 amide bonds. The van der Waals surface area contributed by atoms with Gasteiger partial charge in [-0.3, -0.25) is 0 Å². The van der Waals surface area contributed by atoms with E-state index in [0.29, 0.717) is 11.8 Å². The van der Waals surface area contributed by atoms with Crippen LogP contribution in [-0.4, -0.2) is 4.98 Å². The number of oxazole rings is 1. The first-order valence-electron chi connectivity index (χ1n) is 5.75. The monoisotopic (exact) mass is 224 g/mol. The van der Waals surface area contributed by atoms with Crippen LogP contribution in [0.1, 0.15) is 35.6 Å². The SMILES string of the molecule is Cc1cnc(-c2ccc(C3CC3)c(C#N)c2)o1. The molecular weight excluding hydrogens is 212 g/mol. The average Bonchev–Trinajstić information content (AvgIpc) is 3.11. The van der Waals surface area contributed by atoms with Gasteiger partial charge in [-0.2, -0.15) is 5.26 Å². The van der Waals surface area contributed by atoms with Crippen molar-refractivity contribution in [2.24, 2.45) is 0 Å². The largest absolute Gasteiger partial charge is 0.441 e. The van der Waals surface area contributed by atoms with Crippen LogP contribution in [-0.2, 0) is 0 Å². The molecule has 0 bridgehead atoms. The summed E-state index contributed by atoms with van der Waals surface area (Å²) in [5, 5.41) is 9.17. The highest BCUT2D eigenvalue weighted by Crippen LogP contribution is 2.42. The van der Waals surface area contributed by atoms with E-state index in [1.165, 1.54) is 18.4 Å². The van der Waals surface area contributed by atoms with E-state index in [-0.39, 0.29) is 0 Å². The summed E-state index contributed by atoms with van der Waals surface area (Å²) in [6.07, 6.45) is 4.09. The molecule has 1 aromatic carbocycles. The molecule has 17 heavy (non-hydrogen) atoms. The summed E-state index contributed by atoms with van der Waals surface area (Å²) in [7, 11) is 0. The molecule has 1 aliphatic rings. The van der Waals surface area contributed by atoms with Crippen LogP contribution >= 0.6 is 0 Å². The Morgan fingerprint density at radius 2 is 2.24 bits per heavy atom. The third-order valence-electron chi connectivity index (χ3n) is 3.06. The lowest BCUT2D eigenvalue weighted by Gasteiger charge is -2.03. The van der Waals surface area contributed by atoms with Gasteiger partial charge in [0.25, 0.3) is 0 Å². The van der Waals surface area contributed by atoms with Gasteiger partial charge in [-0.25, -0.2) is 4.98 Å². The number of aromatic nitrogens is 1. The minimum absolute atomic E-state index is 0.585. The van der Waals surface area contributed by atoms with Crippen LogP contribution in [0.5, 0.6) is 0 Å². The summed E-state index contributed by atoms with van der Waals surface area (Å²) in [6, 6.07) is 8.16. The predicted molar refractivity (Wildman–Crippen MR) is 63.4 cm³/mol. The molecule has 3 rings (SSSR count). The number of aryl methyl sites for hydroxylation is 1. The van der Waals surface area contributed by atoms with Gasteiger partial charge in [-0.05, 0) is 43.4 Å². The Balaban J connectivity index is 2.05. The second kappa shape index (κ2) is 3.74. The van der Waals surface area contributed by atoms with E-state index in [0.717, 1.165) is 16.9 Å². The van der Waals surface area contributed by atoms with Crippen molar-refractivity contribution in [2.45, 2.75) is 25.7 Å². The van der Waals surface area contributed by atoms with Crippen molar-refractivity contribution < 1.29 is 4.42 Å². The number of hydrogen-bond donors (Lipinski definition) is 0. The van der Waals surface area contributed by atoms with E-state index in [2.05, 4.69) is 11.1 Å². The molecule has 1 saturated carbocycles. The first-order valence-corrected chi connectivity index (χ1v) is 5.75. The summed E-state index contributed by atoms with van der Waals surface area (Å²) in [4.78, 5) is 4.18. The fourth-order valence-corrected chi connectivity index (χ4v) is 2.02. The van der Waals surface area contributed by atoms with Gasteiger partial charge in [-0.1, -0.05) is 6.07 Å². The molecule has 84 valence electrons. The first-order chi connectivity index (χ1) is 8.28. The van der Waals surface area contributed by atoms with Gasteiger partial charge >= 0.3 is 0 Å². The fraction of sp³-hybridized carbons (Fsp3) is 0.286. The standard InChI is InChI=1S/C14H12N2O/c1-9-8-16-14(17-9)11-4-5-13(10-2-3-10)12(6-11)7-15/h4-6,8,10H,2-3H2,1H3. The topological polar surface area (TPSA) is 49.8 Å². The number of nitriles is 1. The highest BCUT2D eigenvalue weighted by molar-refractivity contribution is 5.59. The Bertz CT molecular complexity index is 603. The van der Waals surface area contributed by atoms with Crippen LogP contribution in [0.25, 0.3) is 11.5 Å². The number of hydrogen-bond acceptors (Lipinski definition) is 3. The molecule has 0 aliphatic heterocycles. The van der Waals surface area contributed by atoms with Gasteiger partial charge in [0.1, 0.15) is 5.76 Å². The third kappa shape index (κ3) is 1.83. The number of rotatable bonds is 2. The molecular formula is C14H12N2O. The van der Waals surface area contributed by atoms with Gasteiger partial charge < -0.3 is 4.42 Å². The third-order valence-corrected chi connectivity index (χ3v) is 3.06. The summed E-state index contributed by atoms with van der Waals surface area (Å²) in [5.41, 5.74) is 2.79. The van der Waals surface area contributed by atoms with Crippen LogP contribution in [0.15, 0.2) is 28.8 Å². The molecule has 1 fully saturated rings. The lowest BCUT2D eigenvalue weighted by atomic mass is 10.0. The molecule has 0 unspecified atom stereocenters. The van der Waals surface area contributed by atoms with E-state index in [9.17, 15) is 5.26 Å². The summed E-state index contributed by atoms with van der Waals surface area (Å²) in [5.74, 6) is 1.95. The van der Waals surface area contributed by atoms with Crippen LogP contribution in [0.2, 0.25) is 0 Å². The van der Waals surface area contributed by atoms with Crippen molar-refractivity contribution in [1.82, 2.24) is 4.98 Å². The first kappa shape index (κ1) is 10.1. The molecule has 0 atom stereocenters. The summed E-state index contributed by atoms with van der Waals surface area (Å²) < 4.78 is 5.46. The molecule has 0 saturated heterocycles. The quantitative estimate of drug-likeness (QED) is 0.785. The second-order valence-corrected chi connectivity index (χ2v) is 4.46. The summed E-state index contributed by atoms with van der Waals surface area (Å²) in [6.45, 7) is 1.86. The van der Waals surface area contributed by atoms with Crippen LogP contribution in [0.4, 0.5) is 0 Å². The minimum atomic E-state index is 0.585. The van der Waals surface area contributed by atoms with Gasteiger partial charge in [0.2, 0.25) is 5.89 Å². The molecule has 0 spiro atoms. The maximum Gasteiger partial charge on any atom is 0.226 e. The molecule has 0 radical (unpaired) electrons. The van der Waals surface area contributed by atoms with Gasteiger partial charge in [-0.15, -0.1) is 0 Å². The van der Waals surface area contributed by atoms with E-state index in [1.54, 1.807) is 6.20 Å². The maximum atomic E-state index is 9.17. The van der Waals surface area contributed by atoms with Gasteiger partial charge in [0.15, 0.2) is 0 Å². The van der Waals surface area contributed by atoms with Crippen molar-refractivity contribution in [3.63, 3.8) is 0 Å². The zero-order valence-electron chi connectivity index (χ0n) is 9.60. The van der Waals surface area contributed by atoms with Gasteiger partial charge in [0, 0.05) is 5.56 Å². The molecule has 2 aromatic rings. The van der Waals surface area contributed by atoms with Crippen LogP contribution in [0.3, 0.4) is 0 Å². The smallest absolute Gasteiger partial charge is 0.226 e. The molecule has 1 heterocycles.